The molecule has 2 aromatic heterocycles. The largest absolute Gasteiger partial charge is 0.332 e. The van der Waals surface area contributed by atoms with Crippen molar-refractivity contribution < 1.29 is 9.28 Å². The molecule has 2 aromatic rings. The third kappa shape index (κ3) is 3.60. The Labute approximate surface area is 161 Å². The zero-order valence-electron chi connectivity index (χ0n) is 15.8. The van der Waals surface area contributed by atoms with Crippen LogP contribution in [-0.2, 0) is 24.8 Å². The second-order valence-corrected chi connectivity index (χ2v) is 7.62. The maximum absolute atomic E-state index is 12.5. The highest BCUT2D eigenvalue weighted by molar-refractivity contribution is 8.12. The van der Waals surface area contributed by atoms with Gasteiger partial charge in [-0.1, -0.05) is 11.8 Å². The zero-order chi connectivity index (χ0) is 19.6. The van der Waals surface area contributed by atoms with Gasteiger partial charge in [-0.15, -0.1) is 0 Å². The molecular weight excluding hydrogens is 378 g/mol. The molecule has 144 valence electrons. The van der Waals surface area contributed by atoms with Crippen LogP contribution in [0.3, 0.4) is 0 Å². The van der Waals surface area contributed by atoms with Crippen LogP contribution in [0.5, 0.6) is 0 Å². The first kappa shape index (κ1) is 20.7. The number of aryl methyl sites for hydroxylation is 1. The minimum absolute atomic E-state index is 0.0371. The molecule has 10 heteroatoms. The van der Waals surface area contributed by atoms with Crippen molar-refractivity contribution in [2.24, 2.45) is 14.1 Å². The van der Waals surface area contributed by atoms with E-state index >= 15 is 0 Å². The number of hydrogen-bond donors (Lipinski definition) is 0. The highest BCUT2D eigenvalue weighted by atomic mass is 35.5. The molecule has 0 fully saturated rings. The van der Waals surface area contributed by atoms with E-state index in [1.165, 1.54) is 23.2 Å². The molecule has 0 radical (unpaired) electrons. The Morgan fingerprint density at radius 3 is 2.23 bits per heavy atom. The average molecular weight is 403 g/mol. The number of carbonyl (C=O) groups is 1. The van der Waals surface area contributed by atoms with Crippen LogP contribution in [-0.4, -0.2) is 54.5 Å². The topological polar surface area (TPSA) is 78.9 Å². The molecule has 2 rings (SSSR count). The number of thioether (sulfide) groups is 1. The molecule has 0 aliphatic rings. The van der Waals surface area contributed by atoms with E-state index < -0.39 is 11.2 Å². The molecule has 8 nitrogen and oxygen atoms in total. The molecule has 0 unspecified atom stereocenters. The number of nitrogens with zero attached hydrogens (tertiary/aromatic N) is 5. The van der Waals surface area contributed by atoms with Crippen molar-refractivity contribution >= 4 is 39.6 Å². The summed E-state index contributed by atoms with van der Waals surface area (Å²) in [6.45, 7) is 9.32. The first-order valence-corrected chi connectivity index (χ1v) is 9.90. The van der Waals surface area contributed by atoms with Gasteiger partial charge in [0.25, 0.3) is 5.56 Å². The maximum atomic E-state index is 12.5. The van der Waals surface area contributed by atoms with Crippen LogP contribution >= 0.6 is 23.4 Å². The number of quaternary nitrogens is 1. The summed E-state index contributed by atoms with van der Waals surface area (Å²) in [6, 6.07) is 0. The maximum Gasteiger partial charge on any atom is 0.332 e. The predicted octanol–water partition coefficient (Wildman–Crippen LogP) is 1.18. The lowest BCUT2D eigenvalue weighted by Gasteiger charge is -2.34. The lowest BCUT2D eigenvalue weighted by Crippen LogP contribution is -2.50. The monoisotopic (exact) mass is 402 g/mol. The van der Waals surface area contributed by atoms with Gasteiger partial charge in [0, 0.05) is 14.1 Å². The quantitative estimate of drug-likeness (QED) is 0.513. The second kappa shape index (κ2) is 7.98. The van der Waals surface area contributed by atoms with Crippen LogP contribution in [0, 0.1) is 0 Å². The van der Waals surface area contributed by atoms with Gasteiger partial charge in [0.2, 0.25) is 10.4 Å². The van der Waals surface area contributed by atoms with Crippen molar-refractivity contribution in [1.82, 2.24) is 18.7 Å². The van der Waals surface area contributed by atoms with Crippen molar-refractivity contribution in [2.45, 2.75) is 26.6 Å². The van der Waals surface area contributed by atoms with Gasteiger partial charge in [-0.2, -0.15) is 4.98 Å². The Morgan fingerprint density at radius 2 is 1.69 bits per heavy atom. The first-order valence-electron chi connectivity index (χ1n) is 8.53. The Hall–Kier alpha value is -1.58. The number of aromatic nitrogens is 4. The minimum atomic E-state index is -0.476. The number of hydrogen-bond acceptors (Lipinski definition) is 5. The molecule has 26 heavy (non-hydrogen) atoms. The lowest BCUT2D eigenvalue weighted by atomic mass is 10.3. The smallest absolute Gasteiger partial charge is 0.317 e. The Kier molecular flexibility index (Phi) is 6.36. The third-order valence-corrected chi connectivity index (χ3v) is 6.26. The molecule has 0 aliphatic carbocycles. The average Bonchev–Trinajstić information content (AvgIpc) is 2.97. The number of likely N-dealkylation sites (N-methyl/N-ethyl adjacent to an activating group) is 1. The van der Waals surface area contributed by atoms with Gasteiger partial charge in [-0.3, -0.25) is 23.3 Å². The molecule has 0 saturated carbocycles. The van der Waals surface area contributed by atoms with Crippen molar-refractivity contribution in [3.8, 4) is 0 Å². The highest BCUT2D eigenvalue weighted by Crippen LogP contribution is 2.20. The van der Waals surface area contributed by atoms with E-state index in [-0.39, 0.29) is 27.4 Å². The SMILES string of the molecule is CC[N+](CC)(CC)CC(=O)SCn1c(Cl)nc2c1c(=O)n(C)c(=O)n2C. The summed E-state index contributed by atoms with van der Waals surface area (Å²) in [5.41, 5.74) is -0.501. The van der Waals surface area contributed by atoms with Crippen LogP contribution in [0.1, 0.15) is 20.8 Å². The van der Waals surface area contributed by atoms with Crippen LogP contribution in [0.2, 0.25) is 5.28 Å². The van der Waals surface area contributed by atoms with E-state index in [1.54, 1.807) is 0 Å². The molecule has 0 atom stereocenters. The molecule has 0 N–H and O–H groups in total. The Balaban J connectivity index is 2.33. The summed E-state index contributed by atoms with van der Waals surface area (Å²) in [6.07, 6.45) is 0. The third-order valence-electron chi connectivity index (χ3n) is 5.13. The molecular formula is C16H25ClN5O3S+. The van der Waals surface area contributed by atoms with Crippen LogP contribution < -0.4 is 11.2 Å². The van der Waals surface area contributed by atoms with Crippen molar-refractivity contribution in [2.75, 3.05) is 26.2 Å². The normalized spacial score (nSPS) is 12.1. The summed E-state index contributed by atoms with van der Waals surface area (Å²) >= 11 is 7.28. The Bertz CT molecular complexity index is 934. The molecule has 0 bridgehead atoms. The summed E-state index contributed by atoms with van der Waals surface area (Å²) < 4.78 is 4.50. The Morgan fingerprint density at radius 1 is 1.12 bits per heavy atom. The van der Waals surface area contributed by atoms with Gasteiger partial charge in [-0.05, 0) is 32.4 Å². The van der Waals surface area contributed by atoms with Crippen molar-refractivity contribution in [1.29, 1.82) is 0 Å². The molecule has 0 amide bonds. The second-order valence-electron chi connectivity index (χ2n) is 6.28. The van der Waals surface area contributed by atoms with E-state index in [9.17, 15) is 14.4 Å². The molecule has 0 saturated heterocycles. The van der Waals surface area contributed by atoms with Gasteiger partial charge < -0.3 is 4.48 Å². The summed E-state index contributed by atoms with van der Waals surface area (Å²) in [5.74, 6) is 0.179. The molecule has 0 aromatic carbocycles. The van der Waals surface area contributed by atoms with Gasteiger partial charge >= 0.3 is 5.69 Å². The van der Waals surface area contributed by atoms with E-state index in [2.05, 4.69) is 25.8 Å². The number of halogens is 1. The van der Waals surface area contributed by atoms with Gasteiger partial charge in [0.15, 0.2) is 11.2 Å². The summed E-state index contributed by atoms with van der Waals surface area (Å²) in [4.78, 5) is 41.1. The number of rotatable bonds is 7. The van der Waals surface area contributed by atoms with E-state index in [4.69, 9.17) is 11.6 Å². The first-order chi connectivity index (χ1) is 12.2. The molecule has 0 spiro atoms. The number of carbonyl (C=O) groups excluding carboxylic acids is 1. The van der Waals surface area contributed by atoms with Crippen LogP contribution in [0.4, 0.5) is 0 Å². The van der Waals surface area contributed by atoms with Crippen molar-refractivity contribution in [3.05, 3.63) is 26.1 Å². The molecule has 2 heterocycles. The zero-order valence-corrected chi connectivity index (χ0v) is 17.4. The van der Waals surface area contributed by atoms with Crippen LogP contribution in [0.15, 0.2) is 9.59 Å². The highest BCUT2D eigenvalue weighted by Gasteiger charge is 2.26. The number of fused-ring (bicyclic) bond motifs is 1. The fourth-order valence-corrected chi connectivity index (χ4v) is 4.18. The van der Waals surface area contributed by atoms with Crippen LogP contribution in [0.25, 0.3) is 11.2 Å². The lowest BCUT2D eigenvalue weighted by molar-refractivity contribution is -0.915. The van der Waals surface area contributed by atoms with Crippen molar-refractivity contribution in [3.63, 3.8) is 0 Å². The van der Waals surface area contributed by atoms with Gasteiger partial charge in [0.1, 0.15) is 6.54 Å². The van der Waals surface area contributed by atoms with Gasteiger partial charge in [-0.25, -0.2) is 4.79 Å². The fourth-order valence-electron chi connectivity index (χ4n) is 3.00. The summed E-state index contributed by atoms with van der Waals surface area (Å²) in [7, 11) is 2.94. The molecule has 0 aliphatic heterocycles. The van der Waals surface area contributed by atoms with E-state index in [0.717, 1.165) is 40.4 Å². The minimum Gasteiger partial charge on any atom is -0.317 e. The fraction of sp³-hybridized carbons (Fsp3) is 0.625. The predicted molar refractivity (Wildman–Crippen MR) is 105 cm³/mol. The van der Waals surface area contributed by atoms with E-state index in [1.807, 2.05) is 0 Å². The summed E-state index contributed by atoms with van der Waals surface area (Å²) in [5, 5.41) is 0.121. The number of imidazole rings is 1. The standard InChI is InChI=1S/C16H25ClN5O3S/c1-6-22(7-2,8-3)9-11(23)26-10-21-12-13(18-15(21)17)19(4)16(25)20(5)14(12)24/h6-10H2,1-5H3/q+1. The van der Waals surface area contributed by atoms with Gasteiger partial charge in [0.05, 0.1) is 25.5 Å². The van der Waals surface area contributed by atoms with E-state index in [0.29, 0.717) is 6.54 Å².